The number of benzene rings is 2. The maximum atomic E-state index is 13.2. The third-order valence-electron chi connectivity index (χ3n) is 4.32. The van der Waals surface area contributed by atoms with Gasteiger partial charge in [-0.25, -0.2) is 0 Å². The van der Waals surface area contributed by atoms with E-state index in [9.17, 15) is 4.79 Å². The number of nitrogens with two attached hydrogens (primary N) is 1. The van der Waals surface area contributed by atoms with Crippen molar-refractivity contribution >= 4 is 17.3 Å². The van der Waals surface area contributed by atoms with E-state index < -0.39 is 5.54 Å². The van der Waals surface area contributed by atoms with Crippen molar-refractivity contribution in [3.63, 3.8) is 0 Å². The van der Waals surface area contributed by atoms with Gasteiger partial charge in [0.1, 0.15) is 0 Å². The summed E-state index contributed by atoms with van der Waals surface area (Å²) in [6.07, 6.45) is 1.17. The van der Waals surface area contributed by atoms with E-state index in [-0.39, 0.29) is 5.91 Å². The van der Waals surface area contributed by atoms with Crippen LogP contribution in [0.2, 0.25) is 0 Å². The number of fused-ring (bicyclic) bond motifs is 2. The van der Waals surface area contributed by atoms with Crippen LogP contribution in [0.4, 0.5) is 11.4 Å². The number of amides is 1. The lowest BCUT2D eigenvalue weighted by atomic mass is 9.91. The first-order valence-corrected chi connectivity index (χ1v) is 7.60. The van der Waals surface area contributed by atoms with E-state index in [0.717, 1.165) is 11.4 Å². The fourth-order valence-electron chi connectivity index (χ4n) is 2.70. The predicted octanol–water partition coefficient (Wildman–Crippen LogP) is 3.97. The molecule has 114 valence electrons. The minimum absolute atomic E-state index is 0.0966. The highest BCUT2D eigenvalue weighted by molar-refractivity contribution is 6.08. The Morgan fingerprint density at radius 2 is 1.45 bits per heavy atom. The molecular weight excluding hydrogens is 276 g/mol. The van der Waals surface area contributed by atoms with Crippen LogP contribution in [0.25, 0.3) is 0 Å². The average molecular weight is 296 g/mol. The molecule has 1 aliphatic rings. The lowest BCUT2D eigenvalue weighted by Crippen LogP contribution is -2.53. The third-order valence-corrected chi connectivity index (χ3v) is 4.32. The molecule has 0 spiro atoms. The largest absolute Gasteiger partial charge is 0.453 e. The minimum atomic E-state index is -0.877. The van der Waals surface area contributed by atoms with Crippen LogP contribution >= 0.6 is 0 Å². The number of rotatable bonds is 3. The van der Waals surface area contributed by atoms with Gasteiger partial charge >= 0.3 is 0 Å². The second kappa shape index (κ2) is 5.46. The summed E-state index contributed by atoms with van der Waals surface area (Å²) in [5.74, 6) is 1.24. The fraction of sp³-hybridized carbons (Fsp3) is 0.278. The standard InChI is InChI=1S/C18H20N2O2/c1-3-18(19,4-2)17(21)20-13-9-5-7-11-15(13)22-16-12-8-6-10-14(16)20/h5-12H,3-4,19H2,1-2H3. The molecule has 3 rings (SSSR count). The van der Waals surface area contributed by atoms with Gasteiger partial charge in [-0.15, -0.1) is 0 Å². The number of nitrogens with zero attached hydrogens (tertiary/aromatic N) is 1. The average Bonchev–Trinajstić information content (AvgIpc) is 2.58. The van der Waals surface area contributed by atoms with E-state index in [1.54, 1.807) is 4.90 Å². The van der Waals surface area contributed by atoms with Crippen LogP contribution in [0.3, 0.4) is 0 Å². The lowest BCUT2D eigenvalue weighted by Gasteiger charge is -2.36. The van der Waals surface area contributed by atoms with Gasteiger partial charge in [-0.2, -0.15) is 0 Å². The Balaban J connectivity index is 2.17. The molecule has 2 aromatic rings. The molecule has 2 aromatic carbocycles. The van der Waals surface area contributed by atoms with Gasteiger partial charge in [-0.05, 0) is 37.1 Å². The first-order chi connectivity index (χ1) is 10.6. The first kappa shape index (κ1) is 14.6. The van der Waals surface area contributed by atoms with Crippen molar-refractivity contribution in [3.8, 4) is 11.5 Å². The van der Waals surface area contributed by atoms with Crippen LogP contribution in [0.5, 0.6) is 11.5 Å². The van der Waals surface area contributed by atoms with Gasteiger partial charge in [0.15, 0.2) is 11.5 Å². The Bertz CT molecular complexity index is 662. The van der Waals surface area contributed by atoms with Crippen molar-refractivity contribution in [1.82, 2.24) is 0 Å². The summed E-state index contributed by atoms with van der Waals surface area (Å²) in [5, 5.41) is 0. The number of anilines is 2. The number of carbonyl (C=O) groups excluding carboxylic acids is 1. The molecule has 4 heteroatoms. The van der Waals surface area contributed by atoms with Crippen LogP contribution in [-0.2, 0) is 4.79 Å². The molecule has 0 bridgehead atoms. The van der Waals surface area contributed by atoms with E-state index >= 15 is 0 Å². The molecule has 1 aliphatic heterocycles. The molecule has 0 radical (unpaired) electrons. The van der Waals surface area contributed by atoms with Gasteiger partial charge in [-0.1, -0.05) is 38.1 Å². The zero-order valence-electron chi connectivity index (χ0n) is 12.9. The summed E-state index contributed by atoms with van der Waals surface area (Å²) in [5.41, 5.74) is 6.95. The molecule has 4 nitrogen and oxygen atoms in total. The quantitative estimate of drug-likeness (QED) is 0.932. The van der Waals surface area contributed by atoms with E-state index in [2.05, 4.69) is 0 Å². The number of para-hydroxylation sites is 4. The molecule has 22 heavy (non-hydrogen) atoms. The van der Waals surface area contributed by atoms with Crippen LogP contribution in [0, 0.1) is 0 Å². The molecule has 0 unspecified atom stereocenters. The zero-order chi connectivity index (χ0) is 15.7. The molecule has 0 fully saturated rings. The van der Waals surface area contributed by atoms with Crippen molar-refractivity contribution in [2.45, 2.75) is 32.2 Å². The summed E-state index contributed by atoms with van der Waals surface area (Å²) >= 11 is 0. The van der Waals surface area contributed by atoms with E-state index in [4.69, 9.17) is 10.5 Å². The molecule has 1 amide bonds. The Kier molecular flexibility index (Phi) is 3.62. The minimum Gasteiger partial charge on any atom is -0.453 e. The molecule has 0 aliphatic carbocycles. The Labute approximate surface area is 130 Å². The highest BCUT2D eigenvalue weighted by Gasteiger charge is 2.39. The molecule has 0 aromatic heterocycles. The summed E-state index contributed by atoms with van der Waals surface area (Å²) in [7, 11) is 0. The monoisotopic (exact) mass is 296 g/mol. The van der Waals surface area contributed by atoms with Gasteiger partial charge in [0.05, 0.1) is 16.9 Å². The maximum Gasteiger partial charge on any atom is 0.251 e. The fourth-order valence-corrected chi connectivity index (χ4v) is 2.70. The smallest absolute Gasteiger partial charge is 0.251 e. The van der Waals surface area contributed by atoms with Gasteiger partial charge in [0.2, 0.25) is 0 Å². The molecule has 0 atom stereocenters. The summed E-state index contributed by atoms with van der Waals surface area (Å²) in [6.45, 7) is 3.89. The van der Waals surface area contributed by atoms with Gasteiger partial charge < -0.3 is 10.5 Å². The van der Waals surface area contributed by atoms with E-state index in [0.29, 0.717) is 24.3 Å². The number of ether oxygens (including phenoxy) is 1. The van der Waals surface area contributed by atoms with Crippen LogP contribution in [-0.4, -0.2) is 11.4 Å². The number of hydrogen-bond acceptors (Lipinski definition) is 3. The second-order valence-corrected chi connectivity index (χ2v) is 5.54. The highest BCUT2D eigenvalue weighted by atomic mass is 16.5. The summed E-state index contributed by atoms with van der Waals surface area (Å²) < 4.78 is 5.90. The van der Waals surface area contributed by atoms with Crippen molar-refractivity contribution < 1.29 is 9.53 Å². The normalized spacial score (nSPS) is 13.1. The predicted molar refractivity (Wildman–Crippen MR) is 87.6 cm³/mol. The van der Waals surface area contributed by atoms with Crippen molar-refractivity contribution in [1.29, 1.82) is 0 Å². The first-order valence-electron chi connectivity index (χ1n) is 7.60. The van der Waals surface area contributed by atoms with Crippen molar-refractivity contribution in [2.24, 2.45) is 5.73 Å². The summed E-state index contributed by atoms with van der Waals surface area (Å²) in [4.78, 5) is 14.8. The number of carbonyl (C=O) groups is 1. The van der Waals surface area contributed by atoms with Crippen LogP contribution in [0.1, 0.15) is 26.7 Å². The Morgan fingerprint density at radius 3 is 1.91 bits per heavy atom. The van der Waals surface area contributed by atoms with Crippen molar-refractivity contribution in [3.05, 3.63) is 48.5 Å². The Morgan fingerprint density at radius 1 is 1.00 bits per heavy atom. The van der Waals surface area contributed by atoms with Crippen molar-refractivity contribution in [2.75, 3.05) is 4.90 Å². The molecule has 0 saturated carbocycles. The highest BCUT2D eigenvalue weighted by Crippen LogP contribution is 2.47. The SMILES string of the molecule is CCC(N)(CC)C(=O)N1c2ccccc2Oc2ccccc21. The Hall–Kier alpha value is -2.33. The summed E-state index contributed by atoms with van der Waals surface area (Å²) in [6, 6.07) is 15.1. The number of hydrogen-bond donors (Lipinski definition) is 1. The van der Waals surface area contributed by atoms with E-state index in [1.807, 2.05) is 62.4 Å². The zero-order valence-corrected chi connectivity index (χ0v) is 12.9. The third kappa shape index (κ3) is 2.16. The lowest BCUT2D eigenvalue weighted by molar-refractivity contribution is -0.123. The molecule has 2 N–H and O–H groups in total. The van der Waals surface area contributed by atoms with E-state index in [1.165, 1.54) is 0 Å². The van der Waals surface area contributed by atoms with Gasteiger partial charge in [0, 0.05) is 0 Å². The molecule has 1 heterocycles. The van der Waals surface area contributed by atoms with Gasteiger partial charge in [0.25, 0.3) is 5.91 Å². The second-order valence-electron chi connectivity index (χ2n) is 5.54. The maximum absolute atomic E-state index is 13.2. The molecule has 0 saturated heterocycles. The topological polar surface area (TPSA) is 55.6 Å². The van der Waals surface area contributed by atoms with Crippen LogP contribution in [0.15, 0.2) is 48.5 Å². The molecular formula is C18H20N2O2. The van der Waals surface area contributed by atoms with Crippen LogP contribution < -0.4 is 15.4 Å². The van der Waals surface area contributed by atoms with Gasteiger partial charge in [-0.3, -0.25) is 9.69 Å².